The molecule has 2 fully saturated rings. The second-order valence-corrected chi connectivity index (χ2v) is 8.37. The lowest BCUT2D eigenvalue weighted by Crippen LogP contribution is -2.47. The minimum Gasteiger partial charge on any atom is -0.330 e. The molecule has 6 heteroatoms. The first-order chi connectivity index (χ1) is 13.6. The number of nitrogens with one attached hydrogen (secondary N) is 1. The number of carbonyl (C=O) groups is 2. The molecule has 4 atom stereocenters. The largest absolute Gasteiger partial charge is 0.330 e. The van der Waals surface area contributed by atoms with Crippen molar-refractivity contribution in [1.29, 1.82) is 0 Å². The van der Waals surface area contributed by atoms with Gasteiger partial charge in [0.15, 0.2) is 0 Å². The van der Waals surface area contributed by atoms with Crippen LogP contribution in [0.15, 0.2) is 48.2 Å². The molecule has 3 amide bonds. The zero-order valence-corrected chi connectivity index (χ0v) is 15.7. The van der Waals surface area contributed by atoms with Crippen LogP contribution in [-0.4, -0.2) is 40.9 Å². The lowest BCUT2D eigenvalue weighted by molar-refractivity contribution is -0.128. The summed E-state index contributed by atoms with van der Waals surface area (Å²) in [6.45, 7) is 4.59. The normalized spacial score (nSPS) is 31.5. The molecule has 0 spiro atoms. The summed E-state index contributed by atoms with van der Waals surface area (Å²) >= 11 is 0. The van der Waals surface area contributed by atoms with Crippen LogP contribution in [0.3, 0.4) is 0 Å². The molecule has 0 saturated heterocycles. The maximum absolute atomic E-state index is 13.5. The third-order valence-corrected chi connectivity index (χ3v) is 6.87. The monoisotopic (exact) mass is 381 g/mol. The van der Waals surface area contributed by atoms with Gasteiger partial charge in [0.05, 0.1) is 23.9 Å². The van der Waals surface area contributed by atoms with Crippen LogP contribution in [0.1, 0.15) is 37.3 Å². The highest BCUT2D eigenvalue weighted by molar-refractivity contribution is 6.01. The zero-order valence-electron chi connectivity index (χ0n) is 15.7. The van der Waals surface area contributed by atoms with E-state index in [2.05, 4.69) is 11.9 Å². The Balaban J connectivity index is 1.52. The summed E-state index contributed by atoms with van der Waals surface area (Å²) < 4.78 is 13.4. The van der Waals surface area contributed by atoms with Gasteiger partial charge in [-0.15, -0.1) is 6.58 Å². The number of rotatable bonds is 4. The molecular formula is C22H24FN3O2. The average Bonchev–Trinajstić information content (AvgIpc) is 3.39. The lowest BCUT2D eigenvalue weighted by Gasteiger charge is -2.33. The summed E-state index contributed by atoms with van der Waals surface area (Å²) in [5.41, 5.74) is 2.12. The van der Waals surface area contributed by atoms with Crippen LogP contribution in [0, 0.1) is 17.7 Å². The van der Waals surface area contributed by atoms with Gasteiger partial charge in [-0.1, -0.05) is 24.6 Å². The number of halogens is 1. The Morgan fingerprint density at radius 3 is 2.61 bits per heavy atom. The number of nitrogens with zero attached hydrogens (tertiary/aromatic N) is 2. The van der Waals surface area contributed by atoms with Crippen LogP contribution in [0.4, 0.5) is 9.18 Å². The molecule has 5 rings (SSSR count). The van der Waals surface area contributed by atoms with Crippen molar-refractivity contribution in [1.82, 2.24) is 15.1 Å². The van der Waals surface area contributed by atoms with Crippen LogP contribution < -0.4 is 5.32 Å². The van der Waals surface area contributed by atoms with Gasteiger partial charge in [0.1, 0.15) is 5.82 Å². The molecule has 1 aromatic carbocycles. The van der Waals surface area contributed by atoms with Crippen LogP contribution >= 0.6 is 0 Å². The topological polar surface area (TPSA) is 52.7 Å². The molecular weight excluding hydrogens is 357 g/mol. The number of benzene rings is 1. The minimum absolute atomic E-state index is 0.0101. The van der Waals surface area contributed by atoms with E-state index in [4.69, 9.17) is 0 Å². The van der Waals surface area contributed by atoms with Crippen molar-refractivity contribution in [3.05, 3.63) is 59.6 Å². The molecule has 4 aliphatic rings. The van der Waals surface area contributed by atoms with Crippen LogP contribution in [0.2, 0.25) is 0 Å². The van der Waals surface area contributed by atoms with Gasteiger partial charge >= 0.3 is 6.03 Å². The number of amides is 3. The van der Waals surface area contributed by atoms with E-state index < -0.39 is 6.04 Å². The molecule has 0 aromatic heterocycles. The summed E-state index contributed by atoms with van der Waals surface area (Å²) in [5.74, 6) is 0.985. The second kappa shape index (κ2) is 6.47. The van der Waals surface area contributed by atoms with Gasteiger partial charge in [0, 0.05) is 12.6 Å². The molecule has 146 valence electrons. The Hall–Kier alpha value is -2.63. The van der Waals surface area contributed by atoms with Crippen LogP contribution in [-0.2, 0) is 4.79 Å². The van der Waals surface area contributed by atoms with Gasteiger partial charge in [-0.05, 0) is 48.8 Å². The van der Waals surface area contributed by atoms with Crippen molar-refractivity contribution in [2.24, 2.45) is 11.8 Å². The SMILES string of the molecule is C=CCN1C(=O)NC(c2ccc(F)cc2)C2=C1CN(C1CC3CCC1C3)C2=O. The fourth-order valence-electron chi connectivity index (χ4n) is 5.60. The molecule has 2 aliphatic carbocycles. The first-order valence-electron chi connectivity index (χ1n) is 10.0. The number of hydrogen-bond acceptors (Lipinski definition) is 2. The lowest BCUT2D eigenvalue weighted by atomic mass is 9.93. The van der Waals surface area contributed by atoms with Gasteiger partial charge in [0.2, 0.25) is 0 Å². The highest BCUT2D eigenvalue weighted by Crippen LogP contribution is 2.49. The molecule has 2 heterocycles. The summed E-state index contributed by atoms with van der Waals surface area (Å²) in [6, 6.07) is 5.50. The zero-order chi connectivity index (χ0) is 19.4. The van der Waals surface area contributed by atoms with Crippen molar-refractivity contribution >= 4 is 11.9 Å². The maximum atomic E-state index is 13.5. The van der Waals surface area contributed by atoms with Gasteiger partial charge in [-0.3, -0.25) is 9.69 Å². The molecule has 28 heavy (non-hydrogen) atoms. The fourth-order valence-corrected chi connectivity index (χ4v) is 5.60. The number of fused-ring (bicyclic) bond motifs is 2. The third-order valence-electron chi connectivity index (χ3n) is 6.87. The summed E-state index contributed by atoms with van der Waals surface area (Å²) in [5, 5.41) is 2.95. The average molecular weight is 381 g/mol. The Kier molecular flexibility index (Phi) is 4.03. The van der Waals surface area contributed by atoms with E-state index >= 15 is 0 Å². The Morgan fingerprint density at radius 2 is 1.96 bits per heavy atom. The molecule has 1 aromatic rings. The molecule has 2 saturated carbocycles. The number of carbonyl (C=O) groups excluding carboxylic acids is 2. The third kappa shape index (κ3) is 2.58. The molecule has 1 N–H and O–H groups in total. The highest BCUT2D eigenvalue weighted by Gasteiger charge is 2.50. The van der Waals surface area contributed by atoms with E-state index in [1.54, 1.807) is 23.1 Å². The van der Waals surface area contributed by atoms with Crippen LogP contribution in [0.5, 0.6) is 0 Å². The van der Waals surface area contributed by atoms with Crippen molar-refractivity contribution < 1.29 is 14.0 Å². The maximum Gasteiger partial charge on any atom is 0.322 e. The van der Waals surface area contributed by atoms with E-state index in [0.717, 1.165) is 23.6 Å². The van der Waals surface area contributed by atoms with E-state index in [1.165, 1.54) is 31.4 Å². The molecule has 4 unspecified atom stereocenters. The molecule has 5 nitrogen and oxygen atoms in total. The summed E-state index contributed by atoms with van der Waals surface area (Å²) in [4.78, 5) is 29.9. The Bertz CT molecular complexity index is 878. The van der Waals surface area contributed by atoms with E-state index in [1.807, 2.05) is 4.90 Å². The van der Waals surface area contributed by atoms with Gasteiger partial charge < -0.3 is 10.2 Å². The standard InChI is InChI=1S/C22H24FN3O2/c1-2-9-25-18-12-26(17-11-13-3-4-15(17)10-13)21(27)19(18)20(24-22(25)28)14-5-7-16(23)8-6-14/h2,5-8,13,15,17,20H,1,3-4,9-12H2,(H,24,28). The second-order valence-electron chi connectivity index (χ2n) is 8.37. The predicted octanol–water partition coefficient (Wildman–Crippen LogP) is 3.36. The number of urea groups is 1. The van der Waals surface area contributed by atoms with Gasteiger partial charge in [-0.2, -0.15) is 0 Å². The summed E-state index contributed by atoms with van der Waals surface area (Å²) in [7, 11) is 0. The van der Waals surface area contributed by atoms with Gasteiger partial charge in [0.25, 0.3) is 5.91 Å². The number of hydrogen-bond donors (Lipinski definition) is 1. The fraction of sp³-hybridized carbons (Fsp3) is 0.455. The summed E-state index contributed by atoms with van der Waals surface area (Å²) in [6.07, 6.45) is 6.43. The smallest absolute Gasteiger partial charge is 0.322 e. The van der Waals surface area contributed by atoms with E-state index in [9.17, 15) is 14.0 Å². The first kappa shape index (κ1) is 17.5. The van der Waals surface area contributed by atoms with E-state index in [0.29, 0.717) is 24.6 Å². The van der Waals surface area contributed by atoms with Gasteiger partial charge in [-0.25, -0.2) is 9.18 Å². The van der Waals surface area contributed by atoms with Crippen LogP contribution in [0.25, 0.3) is 0 Å². The Morgan fingerprint density at radius 1 is 1.18 bits per heavy atom. The highest BCUT2D eigenvalue weighted by atomic mass is 19.1. The Labute approximate surface area is 163 Å². The van der Waals surface area contributed by atoms with Crippen molar-refractivity contribution in [2.45, 2.75) is 37.8 Å². The van der Waals surface area contributed by atoms with Crippen molar-refractivity contribution in [3.8, 4) is 0 Å². The molecule has 2 aliphatic heterocycles. The molecule has 0 radical (unpaired) electrons. The predicted molar refractivity (Wildman–Crippen MR) is 103 cm³/mol. The molecule has 2 bridgehead atoms. The van der Waals surface area contributed by atoms with Crippen molar-refractivity contribution in [3.63, 3.8) is 0 Å². The first-order valence-corrected chi connectivity index (χ1v) is 10.0. The quantitative estimate of drug-likeness (QED) is 0.813. The van der Waals surface area contributed by atoms with E-state index in [-0.39, 0.29) is 23.8 Å². The minimum atomic E-state index is -0.541. The van der Waals surface area contributed by atoms with Crippen molar-refractivity contribution in [2.75, 3.05) is 13.1 Å².